The van der Waals surface area contributed by atoms with Crippen LogP contribution < -0.4 is 5.32 Å². The number of benzene rings is 1. The Bertz CT molecular complexity index is 390. The van der Waals surface area contributed by atoms with Gasteiger partial charge in [0.25, 0.3) is 0 Å². The molecule has 3 atom stereocenters. The molecule has 0 aliphatic heterocycles. The summed E-state index contributed by atoms with van der Waals surface area (Å²) in [6.07, 6.45) is 5.44. The molecule has 1 aromatic carbocycles. The summed E-state index contributed by atoms with van der Waals surface area (Å²) >= 11 is 0. The van der Waals surface area contributed by atoms with E-state index < -0.39 is 0 Å². The molecule has 0 radical (unpaired) electrons. The molecule has 0 heterocycles. The highest BCUT2D eigenvalue weighted by molar-refractivity contribution is 5.15. The van der Waals surface area contributed by atoms with Gasteiger partial charge in [0.2, 0.25) is 0 Å². The van der Waals surface area contributed by atoms with E-state index in [1.54, 1.807) is 0 Å². The molecule has 1 nitrogen and oxygen atoms in total. The Morgan fingerprint density at radius 2 is 1.75 bits per heavy atom. The van der Waals surface area contributed by atoms with E-state index in [4.69, 9.17) is 0 Å². The van der Waals surface area contributed by atoms with E-state index in [-0.39, 0.29) is 5.54 Å². The summed E-state index contributed by atoms with van der Waals surface area (Å²) in [5.74, 6) is 2.58. The smallest absolute Gasteiger partial charge is 0.00966 e. The van der Waals surface area contributed by atoms with Gasteiger partial charge in [-0.05, 0) is 69.9 Å². The van der Waals surface area contributed by atoms with Crippen LogP contribution in [-0.4, -0.2) is 12.1 Å². The van der Waals surface area contributed by atoms with Crippen molar-refractivity contribution in [2.75, 3.05) is 6.54 Å². The quantitative estimate of drug-likeness (QED) is 0.840. The molecule has 1 fully saturated rings. The lowest BCUT2D eigenvalue weighted by Crippen LogP contribution is -2.42. The number of hydrogen-bond donors (Lipinski definition) is 1. The first-order chi connectivity index (χ1) is 9.44. The number of rotatable bonds is 4. The molecule has 1 N–H and O–H groups in total. The van der Waals surface area contributed by atoms with Gasteiger partial charge in [0, 0.05) is 5.54 Å². The van der Waals surface area contributed by atoms with Crippen molar-refractivity contribution in [2.24, 2.45) is 17.8 Å². The second kappa shape index (κ2) is 6.76. The maximum atomic E-state index is 3.72. The van der Waals surface area contributed by atoms with Gasteiger partial charge in [-0.2, -0.15) is 0 Å². The average molecular weight is 273 g/mol. The first kappa shape index (κ1) is 15.6. The second-order valence-corrected chi connectivity index (χ2v) is 7.76. The maximum absolute atomic E-state index is 3.72. The highest BCUT2D eigenvalue weighted by Crippen LogP contribution is 2.35. The summed E-state index contributed by atoms with van der Waals surface area (Å²) in [5, 5.41) is 3.72. The lowest BCUT2D eigenvalue weighted by molar-refractivity contribution is 0.174. The first-order valence-electron chi connectivity index (χ1n) is 8.23. The van der Waals surface area contributed by atoms with Crippen LogP contribution in [0.4, 0.5) is 0 Å². The lowest BCUT2D eigenvalue weighted by atomic mass is 9.72. The van der Waals surface area contributed by atoms with Gasteiger partial charge in [-0.25, -0.2) is 0 Å². The van der Waals surface area contributed by atoms with Crippen molar-refractivity contribution >= 4 is 0 Å². The fourth-order valence-electron chi connectivity index (χ4n) is 3.43. The first-order valence-corrected chi connectivity index (χ1v) is 8.23. The van der Waals surface area contributed by atoms with Gasteiger partial charge in [-0.15, -0.1) is 0 Å². The highest BCUT2D eigenvalue weighted by atomic mass is 14.9. The van der Waals surface area contributed by atoms with E-state index in [9.17, 15) is 0 Å². The predicted molar refractivity (Wildman–Crippen MR) is 87.9 cm³/mol. The van der Waals surface area contributed by atoms with Gasteiger partial charge in [0.1, 0.15) is 0 Å². The zero-order valence-electron chi connectivity index (χ0n) is 13.7. The van der Waals surface area contributed by atoms with Crippen LogP contribution >= 0.6 is 0 Å². The summed E-state index contributed by atoms with van der Waals surface area (Å²) in [6.45, 7) is 10.4. The van der Waals surface area contributed by atoms with Crippen LogP contribution in [0.15, 0.2) is 30.3 Å². The molecular weight excluding hydrogens is 242 g/mol. The maximum Gasteiger partial charge on any atom is 0.00966 e. The van der Waals surface area contributed by atoms with E-state index in [1.807, 2.05) is 0 Å². The molecule has 0 saturated heterocycles. The largest absolute Gasteiger partial charge is 0.312 e. The van der Waals surface area contributed by atoms with Crippen LogP contribution in [0.1, 0.15) is 52.5 Å². The Kier molecular flexibility index (Phi) is 5.26. The Morgan fingerprint density at radius 1 is 1.05 bits per heavy atom. The predicted octanol–water partition coefficient (Wildman–Crippen LogP) is 4.67. The summed E-state index contributed by atoms with van der Waals surface area (Å²) in [4.78, 5) is 0. The molecule has 2 rings (SSSR count). The zero-order chi connectivity index (χ0) is 14.6. The van der Waals surface area contributed by atoms with Gasteiger partial charge < -0.3 is 5.32 Å². The molecule has 3 unspecified atom stereocenters. The molecule has 0 aromatic heterocycles. The molecule has 1 aliphatic carbocycles. The van der Waals surface area contributed by atoms with Gasteiger partial charge in [0.05, 0.1) is 0 Å². The third kappa shape index (κ3) is 4.94. The van der Waals surface area contributed by atoms with Gasteiger partial charge in [0.15, 0.2) is 0 Å². The molecule has 20 heavy (non-hydrogen) atoms. The minimum absolute atomic E-state index is 0.236. The standard InChI is InChI=1S/C19H31N/c1-15-10-11-17(14-20-19(2,3)4)18(12-15)13-16-8-6-5-7-9-16/h5-9,15,17-18,20H,10-14H2,1-4H3. The van der Waals surface area contributed by atoms with Gasteiger partial charge in [-0.3, -0.25) is 0 Å². The van der Waals surface area contributed by atoms with Crippen molar-refractivity contribution in [3.8, 4) is 0 Å². The number of nitrogens with one attached hydrogen (secondary N) is 1. The fraction of sp³-hybridized carbons (Fsp3) is 0.684. The van der Waals surface area contributed by atoms with E-state index in [0.29, 0.717) is 0 Å². The van der Waals surface area contributed by atoms with Crippen LogP contribution in [0.25, 0.3) is 0 Å². The second-order valence-electron chi connectivity index (χ2n) is 7.76. The zero-order valence-corrected chi connectivity index (χ0v) is 13.7. The van der Waals surface area contributed by atoms with Gasteiger partial charge >= 0.3 is 0 Å². The molecular formula is C19H31N. The third-order valence-electron chi connectivity index (χ3n) is 4.64. The molecule has 112 valence electrons. The fourth-order valence-corrected chi connectivity index (χ4v) is 3.43. The van der Waals surface area contributed by atoms with Crippen molar-refractivity contribution in [3.63, 3.8) is 0 Å². The van der Waals surface area contributed by atoms with Gasteiger partial charge in [-0.1, -0.05) is 43.7 Å². The summed E-state index contributed by atoms with van der Waals surface area (Å²) in [5.41, 5.74) is 1.74. The van der Waals surface area contributed by atoms with Crippen molar-refractivity contribution in [2.45, 2.75) is 58.9 Å². The molecule has 1 saturated carbocycles. The molecule has 1 aromatic rings. The average Bonchev–Trinajstić information content (AvgIpc) is 2.38. The highest BCUT2D eigenvalue weighted by Gasteiger charge is 2.29. The Hall–Kier alpha value is -0.820. The third-order valence-corrected chi connectivity index (χ3v) is 4.64. The van der Waals surface area contributed by atoms with E-state index in [1.165, 1.54) is 37.8 Å². The summed E-state index contributed by atoms with van der Waals surface area (Å²) < 4.78 is 0. The normalized spacial score (nSPS) is 27.5. The number of hydrogen-bond acceptors (Lipinski definition) is 1. The van der Waals surface area contributed by atoms with Crippen LogP contribution in [0.5, 0.6) is 0 Å². The Labute approximate surface area is 125 Å². The molecule has 1 aliphatic rings. The van der Waals surface area contributed by atoms with Crippen LogP contribution in [-0.2, 0) is 6.42 Å². The van der Waals surface area contributed by atoms with E-state index >= 15 is 0 Å². The van der Waals surface area contributed by atoms with Crippen molar-refractivity contribution < 1.29 is 0 Å². The molecule has 0 spiro atoms. The minimum Gasteiger partial charge on any atom is -0.312 e. The molecule has 1 heteroatoms. The van der Waals surface area contributed by atoms with Crippen LogP contribution in [0, 0.1) is 17.8 Å². The Morgan fingerprint density at radius 3 is 2.40 bits per heavy atom. The van der Waals surface area contributed by atoms with E-state index in [0.717, 1.165) is 17.8 Å². The lowest BCUT2D eigenvalue weighted by Gasteiger charge is -2.37. The SMILES string of the molecule is CC1CCC(CNC(C)(C)C)C(Cc2ccccc2)C1. The van der Waals surface area contributed by atoms with Crippen LogP contribution in [0.2, 0.25) is 0 Å². The van der Waals surface area contributed by atoms with Crippen LogP contribution in [0.3, 0.4) is 0 Å². The summed E-state index contributed by atoms with van der Waals surface area (Å²) in [6, 6.07) is 11.0. The summed E-state index contributed by atoms with van der Waals surface area (Å²) in [7, 11) is 0. The molecule has 0 bridgehead atoms. The van der Waals surface area contributed by atoms with Crippen molar-refractivity contribution in [1.29, 1.82) is 0 Å². The van der Waals surface area contributed by atoms with Crippen molar-refractivity contribution in [1.82, 2.24) is 5.32 Å². The van der Waals surface area contributed by atoms with E-state index in [2.05, 4.69) is 63.3 Å². The minimum atomic E-state index is 0.236. The Balaban J connectivity index is 1.97. The molecule has 0 amide bonds. The topological polar surface area (TPSA) is 12.0 Å². The monoisotopic (exact) mass is 273 g/mol. The van der Waals surface area contributed by atoms with Crippen molar-refractivity contribution in [3.05, 3.63) is 35.9 Å².